The largest absolute Gasteiger partial charge is 0.497 e. The Bertz CT molecular complexity index is 1110. The van der Waals surface area contributed by atoms with E-state index < -0.39 is 0 Å². The third-order valence-electron chi connectivity index (χ3n) is 5.40. The van der Waals surface area contributed by atoms with Crippen molar-refractivity contribution >= 4 is 11.6 Å². The predicted molar refractivity (Wildman–Crippen MR) is 117 cm³/mol. The lowest BCUT2D eigenvalue weighted by Gasteiger charge is -2.29. The van der Waals surface area contributed by atoms with Crippen molar-refractivity contribution in [2.24, 2.45) is 0 Å². The van der Waals surface area contributed by atoms with E-state index in [1.54, 1.807) is 13.2 Å². The van der Waals surface area contributed by atoms with E-state index in [1.165, 1.54) is 16.3 Å². The van der Waals surface area contributed by atoms with Crippen molar-refractivity contribution in [3.63, 3.8) is 0 Å². The van der Waals surface area contributed by atoms with Gasteiger partial charge < -0.3 is 9.64 Å². The van der Waals surface area contributed by atoms with Crippen molar-refractivity contribution in [2.45, 2.75) is 32.2 Å². The maximum absolute atomic E-state index is 12.8. The van der Waals surface area contributed by atoms with Crippen molar-refractivity contribution in [2.75, 3.05) is 18.6 Å². The van der Waals surface area contributed by atoms with Gasteiger partial charge in [-0.15, -0.1) is 0 Å². The Morgan fingerprint density at radius 3 is 2.83 bits per heavy atom. The molecule has 1 aliphatic heterocycles. The van der Waals surface area contributed by atoms with E-state index in [1.807, 2.05) is 47.4 Å². The second-order valence-corrected chi connectivity index (χ2v) is 7.39. The van der Waals surface area contributed by atoms with Crippen LogP contribution in [0.4, 0.5) is 5.69 Å². The van der Waals surface area contributed by atoms with E-state index >= 15 is 0 Å². The number of hydrogen-bond acceptors (Lipinski definition) is 4. The molecule has 1 amide bonds. The maximum atomic E-state index is 12.8. The van der Waals surface area contributed by atoms with Gasteiger partial charge in [0.2, 0.25) is 5.91 Å². The Morgan fingerprint density at radius 1 is 1.10 bits per heavy atom. The molecule has 0 saturated carbocycles. The highest BCUT2D eigenvalue weighted by atomic mass is 16.5. The highest BCUT2D eigenvalue weighted by molar-refractivity contribution is 5.94. The first kappa shape index (κ1) is 19.9. The molecule has 0 spiro atoms. The molecule has 0 N–H and O–H groups in total. The van der Waals surface area contributed by atoms with Gasteiger partial charge >= 0.3 is 0 Å². The van der Waals surface area contributed by atoms with Gasteiger partial charge in [0.25, 0.3) is 5.56 Å². The standard InChI is InChI=1S/C24H25N3O3/c1-30-20-10-4-8-19(17-20)21-13-14-24(29)27(25-21)16-6-12-23(28)26-15-5-9-18-7-2-3-11-22(18)26/h2-4,7-8,10-11,13-14,17H,5-6,9,12,15-16H2,1H3. The molecular weight excluding hydrogens is 378 g/mol. The summed E-state index contributed by atoms with van der Waals surface area (Å²) in [5.41, 5.74) is 3.65. The molecule has 3 aromatic rings. The highest BCUT2D eigenvalue weighted by Gasteiger charge is 2.21. The van der Waals surface area contributed by atoms with Crippen molar-refractivity contribution in [1.29, 1.82) is 0 Å². The van der Waals surface area contributed by atoms with Crippen LogP contribution in [0.15, 0.2) is 65.5 Å². The molecule has 0 saturated heterocycles. The molecule has 1 aliphatic rings. The Kier molecular flexibility index (Phi) is 5.93. The zero-order chi connectivity index (χ0) is 20.9. The molecule has 30 heavy (non-hydrogen) atoms. The van der Waals surface area contributed by atoms with Gasteiger partial charge in [-0.05, 0) is 49.1 Å². The number of para-hydroxylation sites is 1. The summed E-state index contributed by atoms with van der Waals surface area (Å²) < 4.78 is 6.70. The van der Waals surface area contributed by atoms with Crippen molar-refractivity contribution in [3.05, 3.63) is 76.6 Å². The lowest BCUT2D eigenvalue weighted by Crippen LogP contribution is -2.35. The number of aryl methyl sites for hydroxylation is 2. The number of rotatable bonds is 6. The van der Waals surface area contributed by atoms with Crippen LogP contribution in [-0.4, -0.2) is 29.3 Å². The summed E-state index contributed by atoms with van der Waals surface area (Å²) in [5.74, 6) is 0.832. The molecular formula is C24H25N3O3. The Balaban J connectivity index is 1.43. The molecule has 0 radical (unpaired) electrons. The number of amides is 1. The second kappa shape index (κ2) is 8.95. The van der Waals surface area contributed by atoms with E-state index in [0.717, 1.165) is 36.4 Å². The van der Waals surface area contributed by atoms with Crippen LogP contribution in [0.2, 0.25) is 0 Å². The van der Waals surface area contributed by atoms with Crippen LogP contribution in [0.25, 0.3) is 11.3 Å². The highest BCUT2D eigenvalue weighted by Crippen LogP contribution is 2.27. The van der Waals surface area contributed by atoms with Gasteiger partial charge in [-0.3, -0.25) is 9.59 Å². The fourth-order valence-corrected chi connectivity index (χ4v) is 3.85. The van der Waals surface area contributed by atoms with Crippen LogP contribution in [0.3, 0.4) is 0 Å². The van der Waals surface area contributed by atoms with Gasteiger partial charge in [0.1, 0.15) is 5.75 Å². The topological polar surface area (TPSA) is 64.4 Å². The smallest absolute Gasteiger partial charge is 0.266 e. The average molecular weight is 403 g/mol. The fraction of sp³-hybridized carbons (Fsp3) is 0.292. The zero-order valence-corrected chi connectivity index (χ0v) is 17.1. The van der Waals surface area contributed by atoms with E-state index in [-0.39, 0.29) is 11.5 Å². The van der Waals surface area contributed by atoms with Gasteiger partial charge in [0.15, 0.2) is 0 Å². The number of anilines is 1. The first-order chi connectivity index (χ1) is 14.7. The maximum Gasteiger partial charge on any atom is 0.266 e. The van der Waals surface area contributed by atoms with Crippen LogP contribution in [0.1, 0.15) is 24.8 Å². The van der Waals surface area contributed by atoms with Gasteiger partial charge in [-0.2, -0.15) is 5.10 Å². The van der Waals surface area contributed by atoms with Crippen molar-refractivity contribution < 1.29 is 9.53 Å². The van der Waals surface area contributed by atoms with Gasteiger partial charge in [-0.1, -0.05) is 30.3 Å². The lowest BCUT2D eigenvalue weighted by atomic mass is 10.0. The van der Waals surface area contributed by atoms with Crippen LogP contribution in [-0.2, 0) is 17.8 Å². The Morgan fingerprint density at radius 2 is 1.97 bits per heavy atom. The molecule has 0 fully saturated rings. The molecule has 0 aliphatic carbocycles. The van der Waals surface area contributed by atoms with Gasteiger partial charge in [0, 0.05) is 36.8 Å². The summed E-state index contributed by atoms with van der Waals surface area (Å²) in [5, 5.41) is 4.49. The van der Waals surface area contributed by atoms with E-state index in [4.69, 9.17) is 4.74 Å². The third kappa shape index (κ3) is 4.27. The number of methoxy groups -OCH3 is 1. The van der Waals surface area contributed by atoms with Gasteiger partial charge in [-0.25, -0.2) is 4.68 Å². The minimum absolute atomic E-state index is 0.0964. The molecule has 4 rings (SSSR count). The molecule has 0 bridgehead atoms. The number of aromatic nitrogens is 2. The Labute approximate surface area is 175 Å². The summed E-state index contributed by atoms with van der Waals surface area (Å²) in [6, 6.07) is 18.9. The van der Waals surface area contributed by atoms with Crippen LogP contribution in [0, 0.1) is 0 Å². The van der Waals surface area contributed by atoms with E-state index in [9.17, 15) is 9.59 Å². The van der Waals surface area contributed by atoms with Crippen LogP contribution in [0.5, 0.6) is 5.75 Å². The van der Waals surface area contributed by atoms with Crippen molar-refractivity contribution in [1.82, 2.24) is 9.78 Å². The second-order valence-electron chi connectivity index (χ2n) is 7.39. The molecule has 0 atom stereocenters. The summed E-state index contributed by atoms with van der Waals surface area (Å²) in [7, 11) is 1.62. The first-order valence-electron chi connectivity index (χ1n) is 10.3. The third-order valence-corrected chi connectivity index (χ3v) is 5.40. The molecule has 6 nitrogen and oxygen atoms in total. The molecule has 0 unspecified atom stereocenters. The van der Waals surface area contributed by atoms with Gasteiger partial charge in [0.05, 0.1) is 12.8 Å². The minimum atomic E-state index is -0.169. The predicted octanol–water partition coefficient (Wildman–Crippen LogP) is 3.68. The summed E-state index contributed by atoms with van der Waals surface area (Å²) >= 11 is 0. The molecule has 1 aromatic heterocycles. The molecule has 2 heterocycles. The zero-order valence-electron chi connectivity index (χ0n) is 17.1. The number of hydrogen-bond donors (Lipinski definition) is 0. The fourth-order valence-electron chi connectivity index (χ4n) is 3.85. The lowest BCUT2D eigenvalue weighted by molar-refractivity contribution is -0.118. The monoisotopic (exact) mass is 403 g/mol. The number of carbonyl (C=O) groups excluding carboxylic acids is 1. The van der Waals surface area contributed by atoms with Crippen LogP contribution >= 0.6 is 0 Å². The average Bonchev–Trinajstić information content (AvgIpc) is 2.79. The normalized spacial score (nSPS) is 13.0. The van der Waals surface area contributed by atoms with E-state index in [0.29, 0.717) is 25.1 Å². The molecule has 154 valence electrons. The number of carbonyl (C=O) groups is 1. The number of ether oxygens (including phenoxy) is 1. The molecule has 2 aromatic carbocycles. The molecule has 6 heteroatoms. The minimum Gasteiger partial charge on any atom is -0.497 e. The summed E-state index contributed by atoms with van der Waals surface area (Å²) in [6.07, 6.45) is 2.93. The quantitative estimate of drug-likeness (QED) is 0.630. The van der Waals surface area contributed by atoms with Crippen molar-refractivity contribution in [3.8, 4) is 17.0 Å². The summed E-state index contributed by atoms with van der Waals surface area (Å²) in [4.78, 5) is 26.9. The number of nitrogens with zero attached hydrogens (tertiary/aromatic N) is 3. The Hall–Kier alpha value is -3.41. The number of fused-ring (bicyclic) bond motifs is 1. The summed E-state index contributed by atoms with van der Waals surface area (Å²) in [6.45, 7) is 1.15. The number of benzene rings is 2. The van der Waals surface area contributed by atoms with E-state index in [2.05, 4.69) is 11.2 Å². The first-order valence-corrected chi connectivity index (χ1v) is 10.3. The SMILES string of the molecule is COc1cccc(-c2ccc(=O)n(CCCC(=O)N3CCCc4ccccc43)n2)c1. The van der Waals surface area contributed by atoms with Crippen LogP contribution < -0.4 is 15.2 Å².